The average Bonchev–Trinajstić information content (AvgIpc) is 2.98. The van der Waals surface area contributed by atoms with Crippen LogP contribution in [-0.2, 0) is 4.79 Å². The Kier molecular flexibility index (Phi) is 4.17. The predicted molar refractivity (Wildman–Crippen MR) is 109 cm³/mol. The molecule has 1 unspecified atom stereocenters. The molecule has 0 saturated carbocycles. The van der Waals surface area contributed by atoms with Crippen LogP contribution >= 0.6 is 11.8 Å². The van der Waals surface area contributed by atoms with E-state index in [1.807, 2.05) is 60.5 Å². The number of para-hydroxylation sites is 1. The lowest BCUT2D eigenvalue weighted by atomic mass is 10.1. The monoisotopic (exact) mass is 361 g/mol. The molecule has 1 atom stereocenters. The number of nitrogens with two attached hydrogens (primary N) is 1. The SMILES string of the molecule is CC1(CC(N)=O)SC(c2cccc3ccccc23)=NN1c1ccccc1. The van der Waals surface area contributed by atoms with Crippen LogP contribution in [0.3, 0.4) is 0 Å². The summed E-state index contributed by atoms with van der Waals surface area (Å²) in [7, 11) is 0. The molecule has 4 nitrogen and oxygen atoms in total. The van der Waals surface area contributed by atoms with Crippen molar-refractivity contribution in [2.45, 2.75) is 18.2 Å². The van der Waals surface area contributed by atoms with Crippen molar-refractivity contribution in [2.24, 2.45) is 10.8 Å². The van der Waals surface area contributed by atoms with Crippen molar-refractivity contribution in [2.75, 3.05) is 5.01 Å². The van der Waals surface area contributed by atoms with Crippen molar-refractivity contribution in [3.8, 4) is 0 Å². The summed E-state index contributed by atoms with van der Waals surface area (Å²) in [5, 5.41) is 10.0. The van der Waals surface area contributed by atoms with Gasteiger partial charge in [0, 0.05) is 5.56 Å². The number of hydrazone groups is 1. The Morgan fingerprint density at radius 1 is 1.04 bits per heavy atom. The number of hydrogen-bond acceptors (Lipinski definition) is 4. The normalized spacial score (nSPS) is 19.6. The highest BCUT2D eigenvalue weighted by Gasteiger charge is 2.42. The topological polar surface area (TPSA) is 58.7 Å². The second-order valence-corrected chi connectivity index (χ2v) is 7.97. The molecular weight excluding hydrogens is 342 g/mol. The third-order valence-corrected chi connectivity index (χ3v) is 5.73. The van der Waals surface area contributed by atoms with Gasteiger partial charge in [-0.15, -0.1) is 0 Å². The summed E-state index contributed by atoms with van der Waals surface area (Å²) >= 11 is 1.59. The van der Waals surface area contributed by atoms with E-state index in [0.29, 0.717) is 0 Å². The fourth-order valence-electron chi connectivity index (χ4n) is 3.32. The van der Waals surface area contributed by atoms with Crippen LogP contribution in [0.5, 0.6) is 0 Å². The van der Waals surface area contributed by atoms with Crippen LogP contribution in [0.25, 0.3) is 10.8 Å². The van der Waals surface area contributed by atoms with Gasteiger partial charge in [-0.2, -0.15) is 5.10 Å². The third-order valence-electron chi connectivity index (χ3n) is 4.48. The molecule has 5 heteroatoms. The van der Waals surface area contributed by atoms with Gasteiger partial charge in [-0.1, -0.05) is 72.4 Å². The molecule has 0 aromatic heterocycles. The number of thioether (sulfide) groups is 1. The number of benzene rings is 3. The smallest absolute Gasteiger partial charge is 0.220 e. The molecule has 1 aliphatic rings. The minimum Gasteiger partial charge on any atom is -0.370 e. The number of primary amides is 1. The van der Waals surface area contributed by atoms with Gasteiger partial charge in [-0.3, -0.25) is 4.79 Å². The van der Waals surface area contributed by atoms with E-state index < -0.39 is 4.87 Å². The first-order valence-corrected chi connectivity index (χ1v) is 9.28. The van der Waals surface area contributed by atoms with E-state index in [9.17, 15) is 4.79 Å². The van der Waals surface area contributed by atoms with Gasteiger partial charge in [-0.05, 0) is 29.8 Å². The molecule has 4 rings (SSSR count). The summed E-state index contributed by atoms with van der Waals surface area (Å²) in [6.45, 7) is 2.01. The summed E-state index contributed by atoms with van der Waals surface area (Å²) < 4.78 is 0. The molecule has 0 bridgehead atoms. The third kappa shape index (κ3) is 2.95. The number of hydrogen-bond donors (Lipinski definition) is 1. The minimum atomic E-state index is -0.556. The van der Waals surface area contributed by atoms with Crippen LogP contribution in [0.2, 0.25) is 0 Å². The summed E-state index contributed by atoms with van der Waals surface area (Å²) in [6, 6.07) is 24.4. The van der Waals surface area contributed by atoms with Crippen molar-refractivity contribution in [1.82, 2.24) is 0 Å². The molecule has 0 spiro atoms. The van der Waals surface area contributed by atoms with Crippen LogP contribution in [0.15, 0.2) is 77.9 Å². The lowest BCUT2D eigenvalue weighted by molar-refractivity contribution is -0.118. The second kappa shape index (κ2) is 6.50. The summed E-state index contributed by atoms with van der Waals surface area (Å²) in [5.41, 5.74) is 7.56. The number of amides is 1. The quantitative estimate of drug-likeness (QED) is 0.752. The maximum absolute atomic E-state index is 11.7. The zero-order chi connectivity index (χ0) is 18.1. The molecule has 130 valence electrons. The molecule has 0 saturated heterocycles. The van der Waals surface area contributed by atoms with Gasteiger partial charge in [0.25, 0.3) is 0 Å². The maximum Gasteiger partial charge on any atom is 0.220 e. The predicted octanol–water partition coefficient (Wildman–Crippen LogP) is 4.35. The van der Waals surface area contributed by atoms with Gasteiger partial charge in [-0.25, -0.2) is 5.01 Å². The van der Waals surface area contributed by atoms with Crippen molar-refractivity contribution >= 4 is 39.2 Å². The molecule has 0 radical (unpaired) electrons. The van der Waals surface area contributed by atoms with Crippen molar-refractivity contribution in [1.29, 1.82) is 0 Å². The molecule has 1 heterocycles. The van der Waals surface area contributed by atoms with Gasteiger partial charge in [0.2, 0.25) is 5.91 Å². The van der Waals surface area contributed by atoms with E-state index in [-0.39, 0.29) is 12.3 Å². The number of carbonyl (C=O) groups is 1. The lowest BCUT2D eigenvalue weighted by Gasteiger charge is -2.32. The Bertz CT molecular complexity index is 997. The fraction of sp³-hybridized carbons (Fsp3) is 0.143. The Balaban J connectivity index is 1.83. The molecule has 1 amide bonds. The summed E-state index contributed by atoms with van der Waals surface area (Å²) in [4.78, 5) is 11.2. The van der Waals surface area contributed by atoms with Crippen molar-refractivity contribution in [3.63, 3.8) is 0 Å². The Labute approximate surface area is 156 Å². The number of nitrogens with zero attached hydrogens (tertiary/aromatic N) is 2. The Morgan fingerprint density at radius 2 is 1.73 bits per heavy atom. The van der Waals surface area contributed by atoms with Crippen LogP contribution in [0.4, 0.5) is 5.69 Å². The first-order valence-electron chi connectivity index (χ1n) is 8.46. The number of carbonyl (C=O) groups excluding carboxylic acids is 1. The van der Waals surface area contributed by atoms with Gasteiger partial charge in [0.05, 0.1) is 12.1 Å². The highest BCUT2D eigenvalue weighted by atomic mass is 32.2. The second-order valence-electron chi connectivity index (χ2n) is 6.50. The van der Waals surface area contributed by atoms with E-state index in [0.717, 1.165) is 21.7 Å². The summed E-state index contributed by atoms with van der Waals surface area (Å²) in [6.07, 6.45) is 0.213. The van der Waals surface area contributed by atoms with Crippen LogP contribution in [0.1, 0.15) is 18.9 Å². The largest absolute Gasteiger partial charge is 0.370 e. The van der Waals surface area contributed by atoms with E-state index in [1.165, 1.54) is 5.39 Å². The summed E-state index contributed by atoms with van der Waals surface area (Å²) in [5.74, 6) is -0.338. The van der Waals surface area contributed by atoms with E-state index in [1.54, 1.807) is 11.8 Å². The highest BCUT2D eigenvalue weighted by Crippen LogP contribution is 2.45. The fourth-order valence-corrected chi connectivity index (χ4v) is 4.60. The first kappa shape index (κ1) is 16.7. The van der Waals surface area contributed by atoms with E-state index in [4.69, 9.17) is 10.8 Å². The minimum absolute atomic E-state index is 0.213. The van der Waals surface area contributed by atoms with Gasteiger partial charge in [0.15, 0.2) is 0 Å². The Hall–Kier alpha value is -2.79. The highest BCUT2D eigenvalue weighted by molar-refractivity contribution is 8.16. The van der Waals surface area contributed by atoms with Crippen molar-refractivity contribution in [3.05, 3.63) is 78.4 Å². The van der Waals surface area contributed by atoms with Crippen LogP contribution in [0, 0.1) is 0 Å². The molecule has 26 heavy (non-hydrogen) atoms. The molecule has 0 aliphatic carbocycles. The zero-order valence-electron chi connectivity index (χ0n) is 14.4. The average molecular weight is 361 g/mol. The molecule has 3 aromatic carbocycles. The number of rotatable bonds is 4. The van der Waals surface area contributed by atoms with Gasteiger partial charge in [0.1, 0.15) is 9.91 Å². The standard InChI is InChI=1S/C21H19N3OS/c1-21(14-19(22)25)24(16-10-3-2-4-11-16)23-20(26-21)18-13-7-9-15-8-5-6-12-17(15)18/h2-13H,14H2,1H3,(H2,22,25). The van der Waals surface area contributed by atoms with Crippen LogP contribution in [-0.4, -0.2) is 15.8 Å². The maximum atomic E-state index is 11.7. The Morgan fingerprint density at radius 3 is 2.50 bits per heavy atom. The molecule has 0 fully saturated rings. The first-order chi connectivity index (χ1) is 12.6. The number of fused-ring (bicyclic) bond motifs is 1. The van der Waals surface area contributed by atoms with E-state index in [2.05, 4.69) is 24.3 Å². The van der Waals surface area contributed by atoms with Crippen molar-refractivity contribution < 1.29 is 4.79 Å². The molecule has 1 aliphatic heterocycles. The van der Waals surface area contributed by atoms with Gasteiger partial charge < -0.3 is 5.73 Å². The molecular formula is C21H19N3OS. The lowest BCUT2D eigenvalue weighted by Crippen LogP contribution is -2.40. The number of anilines is 1. The van der Waals surface area contributed by atoms with Crippen LogP contribution < -0.4 is 10.7 Å². The van der Waals surface area contributed by atoms with Gasteiger partial charge >= 0.3 is 0 Å². The zero-order valence-corrected chi connectivity index (χ0v) is 15.2. The molecule has 2 N–H and O–H groups in total. The van der Waals surface area contributed by atoms with E-state index >= 15 is 0 Å². The molecule has 3 aromatic rings.